The number of amidine groups is 2. The second-order valence-corrected chi connectivity index (χ2v) is 8.42. The maximum atomic E-state index is 5.17. The molecule has 0 fully saturated rings. The minimum atomic E-state index is 0.286. The minimum Gasteiger partial charge on any atom is -0.321 e. The van der Waals surface area contributed by atoms with Crippen LogP contribution in [0.4, 0.5) is 11.4 Å². The summed E-state index contributed by atoms with van der Waals surface area (Å²) in [5, 5.41) is 0. The van der Waals surface area contributed by atoms with Crippen molar-refractivity contribution in [2.75, 3.05) is 22.9 Å². The van der Waals surface area contributed by atoms with Crippen LogP contribution in [0.3, 0.4) is 0 Å². The molecule has 2 aromatic rings. The molecule has 0 radical (unpaired) electrons. The molecule has 2 unspecified atom stereocenters. The van der Waals surface area contributed by atoms with Gasteiger partial charge in [0.05, 0.1) is 12.1 Å². The summed E-state index contributed by atoms with van der Waals surface area (Å²) < 4.78 is 0. The molecular formula is C24H30N4. The Kier molecular flexibility index (Phi) is 5.21. The lowest BCUT2D eigenvalue weighted by Gasteiger charge is -2.26. The van der Waals surface area contributed by atoms with Gasteiger partial charge in [-0.15, -0.1) is 0 Å². The molecule has 2 aliphatic heterocycles. The molecule has 0 spiro atoms. The zero-order valence-electron chi connectivity index (χ0n) is 17.3. The lowest BCUT2D eigenvalue weighted by atomic mass is 10.1. The predicted molar refractivity (Wildman–Crippen MR) is 120 cm³/mol. The number of hydrogen-bond donors (Lipinski definition) is 0. The number of nitrogens with zero attached hydrogens (tertiary/aromatic N) is 4. The fraction of sp³-hybridized carbons (Fsp3) is 0.417. The van der Waals surface area contributed by atoms with Crippen LogP contribution in [0.1, 0.15) is 27.7 Å². The molecule has 0 N–H and O–H groups in total. The third-order valence-electron chi connectivity index (χ3n) is 5.70. The van der Waals surface area contributed by atoms with Crippen molar-refractivity contribution in [1.82, 2.24) is 0 Å². The first-order valence-electron chi connectivity index (χ1n) is 10.4. The third-order valence-corrected chi connectivity index (χ3v) is 5.70. The van der Waals surface area contributed by atoms with Crippen molar-refractivity contribution < 1.29 is 0 Å². The quantitative estimate of drug-likeness (QED) is 0.747. The molecule has 4 nitrogen and oxygen atoms in total. The van der Waals surface area contributed by atoms with Crippen LogP contribution in [0.15, 0.2) is 70.6 Å². The number of anilines is 2. The summed E-state index contributed by atoms with van der Waals surface area (Å²) in [6, 6.07) is 21.7. The van der Waals surface area contributed by atoms with E-state index in [2.05, 4.69) is 98.2 Å². The molecule has 0 aliphatic carbocycles. The normalized spacial score (nSPS) is 22.2. The van der Waals surface area contributed by atoms with Crippen LogP contribution >= 0.6 is 0 Å². The van der Waals surface area contributed by atoms with E-state index >= 15 is 0 Å². The van der Waals surface area contributed by atoms with Gasteiger partial charge in [0.1, 0.15) is 0 Å². The summed E-state index contributed by atoms with van der Waals surface area (Å²) in [6.45, 7) is 10.8. The molecule has 4 rings (SSSR count). The Bertz CT molecular complexity index is 781. The highest BCUT2D eigenvalue weighted by Gasteiger charge is 2.38. The predicted octanol–water partition coefficient (Wildman–Crippen LogP) is 4.87. The first kappa shape index (κ1) is 18.7. The summed E-state index contributed by atoms with van der Waals surface area (Å²) >= 11 is 0. The monoisotopic (exact) mass is 374 g/mol. The van der Waals surface area contributed by atoms with Crippen molar-refractivity contribution in [3.05, 3.63) is 60.7 Å². The van der Waals surface area contributed by atoms with Crippen LogP contribution in [0.5, 0.6) is 0 Å². The van der Waals surface area contributed by atoms with Gasteiger partial charge in [0.2, 0.25) is 0 Å². The molecule has 2 heterocycles. The van der Waals surface area contributed by atoms with Gasteiger partial charge in [0, 0.05) is 24.5 Å². The molecule has 0 bridgehead atoms. The molecule has 0 aromatic heterocycles. The highest BCUT2D eigenvalue weighted by molar-refractivity contribution is 6.50. The molecule has 2 atom stereocenters. The largest absolute Gasteiger partial charge is 0.321 e. The average molecular weight is 375 g/mol. The Balaban J connectivity index is 1.77. The number of aliphatic imine (C=N–C) groups is 2. The topological polar surface area (TPSA) is 31.2 Å². The van der Waals surface area contributed by atoms with Crippen molar-refractivity contribution in [2.24, 2.45) is 21.8 Å². The zero-order chi connectivity index (χ0) is 19.7. The van der Waals surface area contributed by atoms with E-state index in [-0.39, 0.29) is 12.1 Å². The molecule has 0 amide bonds. The van der Waals surface area contributed by atoms with Crippen molar-refractivity contribution in [2.45, 2.75) is 39.8 Å². The highest BCUT2D eigenvalue weighted by Crippen LogP contribution is 2.29. The zero-order valence-corrected chi connectivity index (χ0v) is 17.3. The van der Waals surface area contributed by atoms with Gasteiger partial charge in [0.25, 0.3) is 0 Å². The molecule has 2 aliphatic rings. The Morgan fingerprint density at radius 2 is 1.00 bits per heavy atom. The van der Waals surface area contributed by atoms with Crippen LogP contribution in [0.2, 0.25) is 0 Å². The van der Waals surface area contributed by atoms with Crippen molar-refractivity contribution in [3.63, 3.8) is 0 Å². The summed E-state index contributed by atoms with van der Waals surface area (Å²) in [5.74, 6) is 3.02. The van der Waals surface area contributed by atoms with E-state index in [9.17, 15) is 0 Å². The van der Waals surface area contributed by atoms with Gasteiger partial charge in [-0.2, -0.15) is 0 Å². The van der Waals surface area contributed by atoms with Crippen molar-refractivity contribution in [3.8, 4) is 0 Å². The highest BCUT2D eigenvalue weighted by atomic mass is 15.4. The minimum absolute atomic E-state index is 0.286. The Labute approximate surface area is 168 Å². The average Bonchev–Trinajstić information content (AvgIpc) is 3.34. The molecule has 0 saturated heterocycles. The molecule has 28 heavy (non-hydrogen) atoms. The fourth-order valence-electron chi connectivity index (χ4n) is 3.83. The summed E-state index contributed by atoms with van der Waals surface area (Å²) in [5.41, 5.74) is 2.38. The maximum Gasteiger partial charge on any atom is 0.172 e. The Hall–Kier alpha value is -2.62. The Morgan fingerprint density at radius 3 is 1.32 bits per heavy atom. The number of benzene rings is 2. The van der Waals surface area contributed by atoms with Gasteiger partial charge in [-0.05, 0) is 36.1 Å². The number of rotatable bonds is 5. The van der Waals surface area contributed by atoms with Crippen LogP contribution in [-0.2, 0) is 0 Å². The van der Waals surface area contributed by atoms with E-state index in [1.54, 1.807) is 0 Å². The van der Waals surface area contributed by atoms with Gasteiger partial charge >= 0.3 is 0 Å². The third kappa shape index (κ3) is 3.56. The van der Waals surface area contributed by atoms with Gasteiger partial charge < -0.3 is 9.80 Å². The van der Waals surface area contributed by atoms with Crippen LogP contribution in [-0.4, -0.2) is 36.8 Å². The van der Waals surface area contributed by atoms with Gasteiger partial charge in [-0.25, -0.2) is 0 Å². The molecule has 2 aromatic carbocycles. The SMILES string of the molecule is CC(C)C1CN(c2ccccc2)C(C2=NC(C(C)C)CN2c2ccccc2)=N1. The van der Waals surface area contributed by atoms with E-state index in [0.29, 0.717) is 11.8 Å². The van der Waals surface area contributed by atoms with E-state index in [1.807, 2.05) is 0 Å². The molecule has 4 heteroatoms. The van der Waals surface area contributed by atoms with E-state index in [0.717, 1.165) is 24.8 Å². The summed E-state index contributed by atoms with van der Waals surface area (Å²) in [7, 11) is 0. The van der Waals surface area contributed by atoms with Gasteiger partial charge in [-0.1, -0.05) is 64.1 Å². The van der Waals surface area contributed by atoms with Crippen LogP contribution in [0, 0.1) is 11.8 Å². The van der Waals surface area contributed by atoms with E-state index in [4.69, 9.17) is 9.98 Å². The second-order valence-electron chi connectivity index (χ2n) is 8.42. The van der Waals surface area contributed by atoms with Crippen molar-refractivity contribution >= 4 is 23.0 Å². The first-order chi connectivity index (χ1) is 13.5. The van der Waals surface area contributed by atoms with Gasteiger partial charge in [0.15, 0.2) is 11.7 Å². The molecule has 146 valence electrons. The van der Waals surface area contributed by atoms with Gasteiger partial charge in [-0.3, -0.25) is 9.98 Å². The molecule has 0 saturated carbocycles. The standard InChI is InChI=1S/C24H30N4/c1-17(2)21-15-27(19-11-7-5-8-12-19)23(25-21)24-26-22(18(3)4)16-28(24)20-13-9-6-10-14-20/h5-14,17-18,21-22H,15-16H2,1-4H3. The van der Waals surface area contributed by atoms with E-state index in [1.165, 1.54) is 11.4 Å². The van der Waals surface area contributed by atoms with E-state index < -0.39 is 0 Å². The first-order valence-corrected chi connectivity index (χ1v) is 10.4. The number of hydrogen-bond acceptors (Lipinski definition) is 4. The number of para-hydroxylation sites is 2. The van der Waals surface area contributed by atoms with Crippen LogP contribution < -0.4 is 9.80 Å². The smallest absolute Gasteiger partial charge is 0.172 e. The fourth-order valence-corrected chi connectivity index (χ4v) is 3.83. The second kappa shape index (κ2) is 7.78. The Morgan fingerprint density at radius 1 is 0.643 bits per heavy atom. The maximum absolute atomic E-state index is 5.17. The summed E-state index contributed by atoms with van der Waals surface area (Å²) in [6.07, 6.45) is 0. The van der Waals surface area contributed by atoms with Crippen LogP contribution in [0.25, 0.3) is 0 Å². The molecular weight excluding hydrogens is 344 g/mol. The van der Waals surface area contributed by atoms with Crippen molar-refractivity contribution in [1.29, 1.82) is 0 Å². The summed E-state index contributed by atoms with van der Waals surface area (Å²) in [4.78, 5) is 15.0. The lowest BCUT2D eigenvalue weighted by Crippen LogP contribution is -2.42. The lowest BCUT2D eigenvalue weighted by molar-refractivity contribution is 0.521.